The summed E-state index contributed by atoms with van der Waals surface area (Å²) in [6, 6.07) is 19.5. The molecule has 1 heterocycles. The van der Waals surface area contributed by atoms with Gasteiger partial charge in [0.25, 0.3) is 5.91 Å². The van der Waals surface area contributed by atoms with E-state index in [0.29, 0.717) is 29.2 Å². The van der Waals surface area contributed by atoms with Crippen molar-refractivity contribution in [3.63, 3.8) is 0 Å². The fraction of sp³-hybridized carbons (Fsp3) is 0.148. The lowest BCUT2D eigenvalue weighted by atomic mass is 10.1. The maximum absolute atomic E-state index is 12.9. The topological polar surface area (TPSA) is 91.7 Å². The highest BCUT2D eigenvalue weighted by molar-refractivity contribution is 9.10. The van der Waals surface area contributed by atoms with Crippen molar-refractivity contribution in [2.75, 3.05) is 6.61 Å². The summed E-state index contributed by atoms with van der Waals surface area (Å²) in [5, 5.41) is 12.2. The van der Waals surface area contributed by atoms with Gasteiger partial charge >= 0.3 is 6.03 Å². The van der Waals surface area contributed by atoms with Crippen LogP contribution in [0.25, 0.3) is 6.08 Å². The molecule has 36 heavy (non-hydrogen) atoms. The molecular formula is C27H21BrClN3O4. The molecule has 1 N–H and O–H groups in total. The Morgan fingerprint density at radius 2 is 1.86 bits per heavy atom. The Morgan fingerprint density at radius 1 is 1.11 bits per heavy atom. The zero-order valence-corrected chi connectivity index (χ0v) is 21.6. The molecule has 0 atom stereocenters. The highest BCUT2D eigenvalue weighted by Crippen LogP contribution is 2.38. The number of hydrogen-bond donors (Lipinski definition) is 1. The van der Waals surface area contributed by atoms with Gasteiger partial charge in [0.1, 0.15) is 12.3 Å². The summed E-state index contributed by atoms with van der Waals surface area (Å²) in [6.07, 6.45) is 1.55. The second-order valence-corrected chi connectivity index (χ2v) is 9.15. The number of amides is 3. The maximum Gasteiger partial charge on any atom is 0.329 e. The minimum absolute atomic E-state index is 0.128. The van der Waals surface area contributed by atoms with Gasteiger partial charge in [0, 0.05) is 10.0 Å². The van der Waals surface area contributed by atoms with Crippen molar-refractivity contribution in [2.45, 2.75) is 20.1 Å². The van der Waals surface area contributed by atoms with Crippen LogP contribution in [0, 0.1) is 11.3 Å². The van der Waals surface area contributed by atoms with Gasteiger partial charge < -0.3 is 14.8 Å². The van der Waals surface area contributed by atoms with Crippen LogP contribution in [0.2, 0.25) is 5.02 Å². The van der Waals surface area contributed by atoms with E-state index >= 15 is 0 Å². The van der Waals surface area contributed by atoms with Gasteiger partial charge in [0.15, 0.2) is 11.5 Å². The summed E-state index contributed by atoms with van der Waals surface area (Å²) in [5.41, 5.74) is 2.74. The minimum atomic E-state index is -0.499. The molecule has 0 radical (unpaired) electrons. The molecule has 0 spiro atoms. The smallest absolute Gasteiger partial charge is 0.329 e. The van der Waals surface area contributed by atoms with E-state index < -0.39 is 11.9 Å². The molecule has 0 saturated carbocycles. The van der Waals surface area contributed by atoms with Crippen LogP contribution in [-0.4, -0.2) is 23.4 Å². The van der Waals surface area contributed by atoms with Crippen molar-refractivity contribution in [1.82, 2.24) is 10.2 Å². The molecule has 0 unspecified atom stereocenters. The number of halogens is 2. The van der Waals surface area contributed by atoms with Gasteiger partial charge in [-0.25, -0.2) is 4.79 Å². The second-order valence-electron chi connectivity index (χ2n) is 7.83. The molecular weight excluding hydrogens is 546 g/mol. The zero-order valence-electron chi connectivity index (χ0n) is 19.3. The number of urea groups is 1. The van der Waals surface area contributed by atoms with E-state index in [4.69, 9.17) is 21.1 Å². The van der Waals surface area contributed by atoms with Crippen LogP contribution in [0.4, 0.5) is 4.79 Å². The highest BCUT2D eigenvalue weighted by atomic mass is 79.9. The number of carbonyl (C=O) groups excluding carboxylic acids is 2. The SMILES string of the molecule is CCOc1cc(/C=C2\NC(=O)N(Cc3ccc(Br)cc3)C2=O)cc(Cl)c1OCc1ccccc1C#N. The number of ether oxygens (including phenoxy) is 2. The predicted molar refractivity (Wildman–Crippen MR) is 139 cm³/mol. The van der Waals surface area contributed by atoms with Crippen LogP contribution in [-0.2, 0) is 17.9 Å². The summed E-state index contributed by atoms with van der Waals surface area (Å²) >= 11 is 9.90. The van der Waals surface area contributed by atoms with E-state index in [1.54, 1.807) is 36.4 Å². The van der Waals surface area contributed by atoms with Crippen molar-refractivity contribution in [2.24, 2.45) is 0 Å². The van der Waals surface area contributed by atoms with Crippen LogP contribution in [0.15, 0.2) is 70.8 Å². The Morgan fingerprint density at radius 3 is 2.58 bits per heavy atom. The standard InChI is InChI=1S/C27H21BrClN3O4/c1-2-35-24-13-18(11-22(29)25(24)36-16-20-6-4-3-5-19(20)14-30)12-23-26(33)32(27(34)31-23)15-17-7-9-21(28)10-8-17/h3-13H,2,15-16H2,1H3,(H,31,34)/b23-12-. The van der Waals surface area contributed by atoms with Gasteiger partial charge in [-0.05, 0) is 54.5 Å². The van der Waals surface area contributed by atoms with Gasteiger partial charge in [0.2, 0.25) is 0 Å². The first-order chi connectivity index (χ1) is 17.4. The molecule has 3 aromatic carbocycles. The first-order valence-corrected chi connectivity index (χ1v) is 12.2. The Kier molecular flexibility index (Phi) is 7.93. The Bertz CT molecular complexity index is 1380. The monoisotopic (exact) mass is 565 g/mol. The quantitative estimate of drug-likeness (QED) is 0.265. The summed E-state index contributed by atoms with van der Waals surface area (Å²) in [4.78, 5) is 26.5. The summed E-state index contributed by atoms with van der Waals surface area (Å²) < 4.78 is 12.6. The minimum Gasteiger partial charge on any atom is -0.490 e. The van der Waals surface area contributed by atoms with E-state index in [9.17, 15) is 14.9 Å². The van der Waals surface area contributed by atoms with Crippen LogP contribution in [0.1, 0.15) is 29.2 Å². The van der Waals surface area contributed by atoms with Gasteiger partial charge in [0.05, 0.1) is 29.8 Å². The third-order valence-corrected chi connectivity index (χ3v) is 6.18. The lowest BCUT2D eigenvalue weighted by Crippen LogP contribution is -2.30. The fourth-order valence-corrected chi connectivity index (χ4v) is 4.17. The Hall–Kier alpha value is -3.80. The maximum atomic E-state index is 12.9. The van der Waals surface area contributed by atoms with Crippen molar-refractivity contribution in [3.8, 4) is 17.6 Å². The zero-order chi connectivity index (χ0) is 25.7. The summed E-state index contributed by atoms with van der Waals surface area (Å²) in [5.74, 6) is 0.271. The van der Waals surface area contributed by atoms with Gasteiger partial charge in [-0.3, -0.25) is 9.69 Å². The largest absolute Gasteiger partial charge is 0.490 e. The second kappa shape index (κ2) is 11.3. The molecule has 0 aromatic heterocycles. The van der Waals surface area contributed by atoms with Crippen molar-refractivity contribution in [1.29, 1.82) is 5.26 Å². The molecule has 1 aliphatic rings. The number of nitrogens with one attached hydrogen (secondary N) is 1. The average molecular weight is 567 g/mol. The summed E-state index contributed by atoms with van der Waals surface area (Å²) in [7, 11) is 0. The van der Waals surface area contributed by atoms with E-state index in [0.717, 1.165) is 20.5 Å². The van der Waals surface area contributed by atoms with Crippen LogP contribution in [0.3, 0.4) is 0 Å². The Labute approximate surface area is 222 Å². The molecule has 3 amide bonds. The number of carbonyl (C=O) groups is 2. The summed E-state index contributed by atoms with van der Waals surface area (Å²) in [6.45, 7) is 2.47. The number of nitriles is 1. The van der Waals surface area contributed by atoms with Gasteiger partial charge in [-0.15, -0.1) is 0 Å². The number of rotatable bonds is 8. The molecule has 1 fully saturated rings. The molecule has 0 bridgehead atoms. The van der Waals surface area contributed by atoms with Crippen LogP contribution >= 0.6 is 27.5 Å². The van der Waals surface area contributed by atoms with Crippen LogP contribution in [0.5, 0.6) is 11.5 Å². The lowest BCUT2D eigenvalue weighted by molar-refractivity contribution is -0.123. The van der Waals surface area contributed by atoms with Gasteiger partial charge in [-0.1, -0.05) is 57.9 Å². The Balaban J connectivity index is 1.56. The number of nitrogens with zero attached hydrogens (tertiary/aromatic N) is 2. The predicted octanol–water partition coefficient (Wildman–Crippen LogP) is 6.04. The number of imide groups is 1. The molecule has 4 rings (SSSR count). The van der Waals surface area contributed by atoms with Gasteiger partial charge in [-0.2, -0.15) is 5.26 Å². The average Bonchev–Trinajstić information content (AvgIpc) is 3.12. The molecule has 1 aliphatic heterocycles. The normalized spacial score (nSPS) is 14.1. The van der Waals surface area contributed by atoms with Crippen molar-refractivity contribution >= 4 is 45.5 Å². The van der Waals surface area contributed by atoms with E-state index in [1.807, 2.05) is 37.3 Å². The van der Waals surface area contributed by atoms with Crippen LogP contribution < -0.4 is 14.8 Å². The first-order valence-electron chi connectivity index (χ1n) is 11.1. The third-order valence-electron chi connectivity index (χ3n) is 5.37. The third kappa shape index (κ3) is 5.70. The van der Waals surface area contributed by atoms with E-state index in [1.165, 1.54) is 0 Å². The molecule has 7 nitrogen and oxygen atoms in total. The molecule has 3 aromatic rings. The fourth-order valence-electron chi connectivity index (χ4n) is 3.63. The first kappa shape index (κ1) is 25.3. The van der Waals surface area contributed by atoms with E-state index in [-0.39, 0.29) is 23.9 Å². The highest BCUT2D eigenvalue weighted by Gasteiger charge is 2.33. The lowest BCUT2D eigenvalue weighted by Gasteiger charge is -2.15. The molecule has 1 saturated heterocycles. The van der Waals surface area contributed by atoms with Crippen molar-refractivity contribution < 1.29 is 19.1 Å². The molecule has 182 valence electrons. The number of hydrogen-bond acceptors (Lipinski definition) is 5. The number of benzene rings is 3. The molecule has 0 aliphatic carbocycles. The van der Waals surface area contributed by atoms with E-state index in [2.05, 4.69) is 27.3 Å². The van der Waals surface area contributed by atoms with Crippen molar-refractivity contribution in [3.05, 3.63) is 98.1 Å². The molecule has 9 heteroatoms.